The number of hydrogen-bond acceptors (Lipinski definition) is 7. The largest absolute Gasteiger partial charge is 0.494 e. The summed E-state index contributed by atoms with van der Waals surface area (Å²) in [5, 5.41) is 10.7. The van der Waals surface area contributed by atoms with Crippen molar-refractivity contribution in [3.8, 4) is 17.1 Å². The van der Waals surface area contributed by atoms with E-state index < -0.39 is 10.0 Å². The Morgan fingerprint density at radius 3 is 2.64 bits per heavy atom. The van der Waals surface area contributed by atoms with Crippen LogP contribution in [0.15, 0.2) is 58.6 Å². The quantitative estimate of drug-likeness (QED) is 0.305. The second-order valence-electron chi connectivity index (χ2n) is 8.51. The second kappa shape index (κ2) is 11.9. The summed E-state index contributed by atoms with van der Waals surface area (Å²) in [6, 6.07) is 14.7. The molecule has 0 atom stereocenters. The van der Waals surface area contributed by atoms with Crippen LogP contribution >= 0.6 is 11.8 Å². The van der Waals surface area contributed by atoms with E-state index in [4.69, 9.17) is 4.74 Å². The molecule has 2 heterocycles. The standard InChI is InChI=1S/C25H31N5O4S2/c1-3-34-22-10-9-21(17-18(22)2)36(32,33)30-14-11-20(12-15-30)24(31)26-13-16-35-25-27-23(28-29-25)19-7-5-4-6-8-19/h4-10,17,20H,3,11-16H2,1-2H3,(H,26,31)(H,27,28,29). The van der Waals surface area contributed by atoms with Crippen LogP contribution in [-0.4, -0.2) is 65.8 Å². The lowest BCUT2D eigenvalue weighted by molar-refractivity contribution is -0.125. The van der Waals surface area contributed by atoms with Crippen molar-refractivity contribution in [3.63, 3.8) is 0 Å². The number of hydrogen-bond donors (Lipinski definition) is 2. The summed E-state index contributed by atoms with van der Waals surface area (Å²) in [5.74, 6) is 1.80. The zero-order valence-electron chi connectivity index (χ0n) is 20.4. The van der Waals surface area contributed by atoms with E-state index in [1.807, 2.05) is 44.2 Å². The summed E-state index contributed by atoms with van der Waals surface area (Å²) in [5.41, 5.74) is 1.75. The van der Waals surface area contributed by atoms with Crippen LogP contribution < -0.4 is 10.1 Å². The molecule has 2 aromatic carbocycles. The van der Waals surface area contributed by atoms with Gasteiger partial charge in [-0.1, -0.05) is 42.1 Å². The van der Waals surface area contributed by atoms with E-state index in [0.717, 1.165) is 11.1 Å². The zero-order valence-corrected chi connectivity index (χ0v) is 22.1. The lowest BCUT2D eigenvalue weighted by Gasteiger charge is -2.30. The fourth-order valence-corrected chi connectivity index (χ4v) is 6.31. The third-order valence-electron chi connectivity index (χ3n) is 6.05. The summed E-state index contributed by atoms with van der Waals surface area (Å²) in [4.78, 5) is 17.4. The Hall–Kier alpha value is -2.89. The number of piperidine rings is 1. The molecule has 0 unspecified atom stereocenters. The van der Waals surface area contributed by atoms with Crippen molar-refractivity contribution in [2.24, 2.45) is 5.92 Å². The number of carbonyl (C=O) groups is 1. The van der Waals surface area contributed by atoms with Crippen LogP contribution in [0.25, 0.3) is 11.4 Å². The van der Waals surface area contributed by atoms with Gasteiger partial charge in [0.2, 0.25) is 21.1 Å². The predicted molar refractivity (Wildman–Crippen MR) is 139 cm³/mol. The first kappa shape index (κ1) is 26.2. The highest BCUT2D eigenvalue weighted by molar-refractivity contribution is 7.99. The molecule has 0 saturated carbocycles. The van der Waals surface area contributed by atoms with E-state index in [2.05, 4.69) is 20.5 Å². The third-order valence-corrected chi connectivity index (χ3v) is 8.80. The molecule has 192 valence electrons. The maximum atomic E-state index is 13.1. The van der Waals surface area contributed by atoms with Crippen LogP contribution in [0.3, 0.4) is 0 Å². The SMILES string of the molecule is CCOc1ccc(S(=O)(=O)N2CCC(C(=O)NCCSc3n[nH]c(-c4ccccc4)n3)CC2)cc1C. The van der Waals surface area contributed by atoms with E-state index in [1.165, 1.54) is 16.1 Å². The highest BCUT2D eigenvalue weighted by Crippen LogP contribution is 2.27. The van der Waals surface area contributed by atoms with Crippen molar-refractivity contribution in [2.75, 3.05) is 32.0 Å². The van der Waals surface area contributed by atoms with E-state index in [1.54, 1.807) is 18.2 Å². The molecule has 1 aliphatic heterocycles. The molecule has 1 saturated heterocycles. The van der Waals surface area contributed by atoms with Gasteiger partial charge in [-0.25, -0.2) is 13.4 Å². The Morgan fingerprint density at radius 2 is 1.94 bits per heavy atom. The zero-order chi connectivity index (χ0) is 25.5. The maximum absolute atomic E-state index is 13.1. The molecule has 11 heteroatoms. The average Bonchev–Trinajstić information content (AvgIpc) is 3.37. The number of ether oxygens (including phenoxy) is 1. The molecule has 3 aromatic rings. The summed E-state index contributed by atoms with van der Waals surface area (Å²) in [7, 11) is -3.61. The lowest BCUT2D eigenvalue weighted by Crippen LogP contribution is -2.43. The first-order valence-corrected chi connectivity index (χ1v) is 14.4. The Labute approximate surface area is 216 Å². The molecular formula is C25H31N5O4S2. The van der Waals surface area contributed by atoms with Crippen LogP contribution in [0, 0.1) is 12.8 Å². The minimum Gasteiger partial charge on any atom is -0.494 e. The average molecular weight is 530 g/mol. The number of sulfonamides is 1. The van der Waals surface area contributed by atoms with Gasteiger partial charge in [0.1, 0.15) is 5.75 Å². The molecule has 0 bridgehead atoms. The van der Waals surface area contributed by atoms with Gasteiger partial charge in [-0.15, -0.1) is 5.10 Å². The van der Waals surface area contributed by atoms with Gasteiger partial charge in [0.25, 0.3) is 0 Å². The summed E-state index contributed by atoms with van der Waals surface area (Å²) in [6.45, 7) is 5.38. The number of nitrogens with zero attached hydrogens (tertiary/aromatic N) is 3. The summed E-state index contributed by atoms with van der Waals surface area (Å²) >= 11 is 1.47. The Morgan fingerprint density at radius 1 is 1.19 bits per heavy atom. The molecular weight excluding hydrogens is 498 g/mol. The second-order valence-corrected chi connectivity index (χ2v) is 11.5. The molecule has 1 amide bonds. The van der Waals surface area contributed by atoms with E-state index in [9.17, 15) is 13.2 Å². The molecule has 1 aromatic heterocycles. The van der Waals surface area contributed by atoms with Crippen LogP contribution in [0.4, 0.5) is 0 Å². The fraction of sp³-hybridized carbons (Fsp3) is 0.400. The van der Waals surface area contributed by atoms with Gasteiger partial charge in [0.15, 0.2) is 5.82 Å². The Balaban J connectivity index is 1.22. The number of aryl methyl sites for hydroxylation is 1. The first-order valence-electron chi connectivity index (χ1n) is 12.0. The highest BCUT2D eigenvalue weighted by atomic mass is 32.2. The number of amides is 1. The monoisotopic (exact) mass is 529 g/mol. The number of rotatable bonds is 10. The number of carbonyl (C=O) groups excluding carboxylic acids is 1. The van der Waals surface area contributed by atoms with Crippen molar-refractivity contribution in [2.45, 2.75) is 36.7 Å². The van der Waals surface area contributed by atoms with Gasteiger partial charge in [-0.2, -0.15) is 4.31 Å². The number of H-pyrrole nitrogens is 1. The minimum absolute atomic E-state index is 0.0375. The number of thioether (sulfide) groups is 1. The predicted octanol–water partition coefficient (Wildman–Crippen LogP) is 3.49. The molecule has 2 N–H and O–H groups in total. The van der Waals surface area contributed by atoms with Gasteiger partial charge >= 0.3 is 0 Å². The van der Waals surface area contributed by atoms with Gasteiger partial charge in [-0.05, 0) is 50.5 Å². The number of nitrogens with one attached hydrogen (secondary N) is 2. The fourth-order valence-electron chi connectivity index (χ4n) is 4.10. The van der Waals surface area contributed by atoms with Gasteiger partial charge in [0, 0.05) is 36.9 Å². The minimum atomic E-state index is -3.61. The number of benzene rings is 2. The first-order chi connectivity index (χ1) is 17.4. The van der Waals surface area contributed by atoms with E-state index >= 15 is 0 Å². The van der Waals surface area contributed by atoms with Crippen LogP contribution in [0.5, 0.6) is 5.75 Å². The van der Waals surface area contributed by atoms with Crippen molar-refractivity contribution >= 4 is 27.7 Å². The highest BCUT2D eigenvalue weighted by Gasteiger charge is 2.32. The molecule has 0 radical (unpaired) electrons. The van der Waals surface area contributed by atoms with Gasteiger partial charge in [-0.3, -0.25) is 9.89 Å². The van der Waals surface area contributed by atoms with Crippen LogP contribution in [0.1, 0.15) is 25.3 Å². The molecule has 0 spiro atoms. The van der Waals surface area contributed by atoms with Gasteiger partial charge < -0.3 is 10.1 Å². The van der Waals surface area contributed by atoms with Crippen LogP contribution in [-0.2, 0) is 14.8 Å². The van der Waals surface area contributed by atoms with Crippen molar-refractivity contribution in [3.05, 3.63) is 54.1 Å². The van der Waals surface area contributed by atoms with Crippen molar-refractivity contribution in [1.29, 1.82) is 0 Å². The smallest absolute Gasteiger partial charge is 0.243 e. The molecule has 9 nitrogen and oxygen atoms in total. The Bertz CT molecular complexity index is 1270. The molecule has 36 heavy (non-hydrogen) atoms. The Kier molecular flexibility index (Phi) is 8.65. The molecule has 0 aliphatic carbocycles. The van der Waals surface area contributed by atoms with Crippen LogP contribution in [0.2, 0.25) is 0 Å². The third kappa shape index (κ3) is 6.26. The molecule has 4 rings (SSSR count). The number of aromatic nitrogens is 3. The number of aromatic amines is 1. The van der Waals surface area contributed by atoms with Crippen molar-refractivity contribution < 1.29 is 17.9 Å². The lowest BCUT2D eigenvalue weighted by atomic mass is 9.97. The maximum Gasteiger partial charge on any atom is 0.243 e. The summed E-state index contributed by atoms with van der Waals surface area (Å²) < 4.78 is 33.2. The molecule has 1 aliphatic rings. The molecule has 1 fully saturated rings. The van der Waals surface area contributed by atoms with E-state index in [-0.39, 0.29) is 16.7 Å². The normalized spacial score (nSPS) is 15.1. The van der Waals surface area contributed by atoms with Crippen molar-refractivity contribution in [1.82, 2.24) is 24.8 Å². The topological polar surface area (TPSA) is 117 Å². The van der Waals surface area contributed by atoms with Gasteiger partial charge in [0.05, 0.1) is 11.5 Å². The summed E-state index contributed by atoms with van der Waals surface area (Å²) in [6.07, 6.45) is 0.991. The van der Waals surface area contributed by atoms with E-state index in [0.29, 0.717) is 61.6 Å².